The summed E-state index contributed by atoms with van der Waals surface area (Å²) >= 11 is 0. The molecule has 1 atom stereocenters. The van der Waals surface area contributed by atoms with E-state index >= 15 is 0 Å². The van der Waals surface area contributed by atoms with Crippen molar-refractivity contribution in [1.29, 1.82) is 0 Å². The molecule has 1 aromatic rings. The van der Waals surface area contributed by atoms with E-state index in [1.165, 1.54) is 5.56 Å². The highest BCUT2D eigenvalue weighted by Gasteiger charge is 2.24. The van der Waals surface area contributed by atoms with E-state index in [-0.39, 0.29) is 23.7 Å². The number of carbonyl (C=O) groups is 1. The zero-order chi connectivity index (χ0) is 15.9. The van der Waals surface area contributed by atoms with Crippen molar-refractivity contribution in [3.8, 4) is 0 Å². The summed E-state index contributed by atoms with van der Waals surface area (Å²) in [5.41, 5.74) is 7.08. The zero-order valence-electron chi connectivity index (χ0n) is 14.3. The quantitative estimate of drug-likeness (QED) is 0.833. The molecule has 1 rings (SSSR count). The number of benzene rings is 1. The Morgan fingerprint density at radius 2 is 1.77 bits per heavy atom. The number of amides is 1. The van der Waals surface area contributed by atoms with Gasteiger partial charge in [0.25, 0.3) is 0 Å². The van der Waals surface area contributed by atoms with Gasteiger partial charge in [0.15, 0.2) is 0 Å². The van der Waals surface area contributed by atoms with E-state index in [0.29, 0.717) is 25.4 Å². The fourth-order valence-electron chi connectivity index (χ4n) is 2.12. The van der Waals surface area contributed by atoms with Gasteiger partial charge in [0.2, 0.25) is 5.91 Å². The van der Waals surface area contributed by atoms with Crippen LogP contribution in [0.1, 0.15) is 39.7 Å². The molecule has 0 aliphatic heterocycles. The SMILES string of the molecule is CC(CC(=O)N(CCN)CCc1ccccc1)C(C)(C)C.Cl. The fourth-order valence-corrected chi connectivity index (χ4v) is 2.12. The highest BCUT2D eigenvalue weighted by Crippen LogP contribution is 2.28. The molecule has 22 heavy (non-hydrogen) atoms. The van der Waals surface area contributed by atoms with Gasteiger partial charge in [-0.1, -0.05) is 58.0 Å². The van der Waals surface area contributed by atoms with Crippen molar-refractivity contribution in [2.75, 3.05) is 19.6 Å². The number of rotatable bonds is 7. The molecular weight excluding hydrogens is 296 g/mol. The fraction of sp³-hybridized carbons (Fsp3) is 0.611. The molecule has 4 heteroatoms. The molecule has 126 valence electrons. The molecule has 0 fully saturated rings. The monoisotopic (exact) mass is 326 g/mol. The van der Waals surface area contributed by atoms with Crippen molar-refractivity contribution in [1.82, 2.24) is 4.90 Å². The minimum absolute atomic E-state index is 0. The van der Waals surface area contributed by atoms with Crippen LogP contribution in [0.25, 0.3) is 0 Å². The van der Waals surface area contributed by atoms with Crippen LogP contribution < -0.4 is 5.73 Å². The van der Waals surface area contributed by atoms with Gasteiger partial charge in [-0.25, -0.2) is 0 Å². The molecule has 0 saturated carbocycles. The Morgan fingerprint density at radius 1 is 1.18 bits per heavy atom. The largest absolute Gasteiger partial charge is 0.341 e. The number of hydrogen-bond donors (Lipinski definition) is 1. The third-order valence-electron chi connectivity index (χ3n) is 4.22. The normalized spacial score (nSPS) is 12.4. The number of carbonyl (C=O) groups excluding carboxylic acids is 1. The summed E-state index contributed by atoms with van der Waals surface area (Å²) in [4.78, 5) is 14.4. The van der Waals surface area contributed by atoms with Gasteiger partial charge in [-0.2, -0.15) is 0 Å². The first-order valence-corrected chi connectivity index (χ1v) is 7.86. The predicted octanol–water partition coefficient (Wildman–Crippen LogP) is 3.51. The minimum Gasteiger partial charge on any atom is -0.341 e. The molecule has 0 bridgehead atoms. The Balaban J connectivity index is 0.00000441. The second-order valence-corrected chi connectivity index (χ2v) is 6.88. The maximum atomic E-state index is 12.5. The molecule has 1 aromatic carbocycles. The van der Waals surface area contributed by atoms with Gasteiger partial charge in [0.05, 0.1) is 0 Å². The Morgan fingerprint density at radius 3 is 2.27 bits per heavy atom. The van der Waals surface area contributed by atoms with Crippen LogP contribution in [0.5, 0.6) is 0 Å². The maximum absolute atomic E-state index is 12.5. The summed E-state index contributed by atoms with van der Waals surface area (Å²) < 4.78 is 0. The first-order valence-electron chi connectivity index (χ1n) is 7.86. The lowest BCUT2D eigenvalue weighted by Crippen LogP contribution is -2.38. The smallest absolute Gasteiger partial charge is 0.222 e. The Bertz CT molecular complexity index is 428. The van der Waals surface area contributed by atoms with Crippen LogP contribution in [0.4, 0.5) is 0 Å². The van der Waals surface area contributed by atoms with Gasteiger partial charge in [0.1, 0.15) is 0 Å². The number of halogens is 1. The second kappa shape index (κ2) is 9.86. The van der Waals surface area contributed by atoms with Gasteiger partial charge in [-0.3, -0.25) is 4.79 Å². The molecule has 0 radical (unpaired) electrons. The average molecular weight is 327 g/mol. The van der Waals surface area contributed by atoms with E-state index in [2.05, 4.69) is 39.8 Å². The molecule has 2 N–H and O–H groups in total. The van der Waals surface area contributed by atoms with Crippen LogP contribution in [0.15, 0.2) is 30.3 Å². The van der Waals surface area contributed by atoms with E-state index in [1.54, 1.807) is 0 Å². The number of hydrogen-bond acceptors (Lipinski definition) is 2. The molecule has 1 amide bonds. The standard InChI is InChI=1S/C18H30N2O.ClH/c1-15(18(2,3)4)14-17(21)20(13-11-19)12-10-16-8-6-5-7-9-16;/h5-9,15H,10-14,19H2,1-4H3;1H. The lowest BCUT2D eigenvalue weighted by molar-refractivity contribution is -0.132. The van der Waals surface area contributed by atoms with Crippen molar-refractivity contribution in [2.24, 2.45) is 17.1 Å². The summed E-state index contributed by atoms with van der Waals surface area (Å²) in [5.74, 6) is 0.584. The van der Waals surface area contributed by atoms with E-state index in [0.717, 1.165) is 13.0 Å². The third kappa shape index (κ3) is 7.28. The topological polar surface area (TPSA) is 46.3 Å². The lowest BCUT2D eigenvalue weighted by Gasteiger charge is -2.30. The summed E-state index contributed by atoms with van der Waals surface area (Å²) in [6.45, 7) is 10.6. The zero-order valence-corrected chi connectivity index (χ0v) is 15.2. The van der Waals surface area contributed by atoms with E-state index in [9.17, 15) is 4.79 Å². The summed E-state index contributed by atoms with van der Waals surface area (Å²) in [6, 6.07) is 10.3. The summed E-state index contributed by atoms with van der Waals surface area (Å²) in [6.07, 6.45) is 1.48. The number of nitrogens with two attached hydrogens (primary N) is 1. The van der Waals surface area contributed by atoms with Gasteiger partial charge in [-0.05, 0) is 23.3 Å². The molecule has 1 unspecified atom stereocenters. The van der Waals surface area contributed by atoms with Crippen molar-refractivity contribution in [3.63, 3.8) is 0 Å². The van der Waals surface area contributed by atoms with Gasteiger partial charge in [0, 0.05) is 26.1 Å². The highest BCUT2D eigenvalue weighted by molar-refractivity contribution is 5.85. The third-order valence-corrected chi connectivity index (χ3v) is 4.22. The molecule has 0 saturated heterocycles. The maximum Gasteiger partial charge on any atom is 0.222 e. The Labute approximate surface area is 141 Å². The van der Waals surface area contributed by atoms with Crippen LogP contribution in [0.3, 0.4) is 0 Å². The van der Waals surface area contributed by atoms with Crippen molar-refractivity contribution >= 4 is 18.3 Å². The van der Waals surface area contributed by atoms with Crippen LogP contribution in [-0.2, 0) is 11.2 Å². The molecule has 0 heterocycles. The molecule has 0 spiro atoms. The van der Waals surface area contributed by atoms with Gasteiger partial charge in [-0.15, -0.1) is 12.4 Å². The molecule has 3 nitrogen and oxygen atoms in total. The second-order valence-electron chi connectivity index (χ2n) is 6.88. The molecule has 0 aliphatic rings. The highest BCUT2D eigenvalue weighted by atomic mass is 35.5. The van der Waals surface area contributed by atoms with Crippen molar-refractivity contribution < 1.29 is 4.79 Å². The van der Waals surface area contributed by atoms with Gasteiger partial charge < -0.3 is 10.6 Å². The predicted molar refractivity (Wildman–Crippen MR) is 96.3 cm³/mol. The van der Waals surface area contributed by atoms with Crippen molar-refractivity contribution in [2.45, 2.75) is 40.5 Å². The van der Waals surface area contributed by atoms with E-state index in [1.807, 2.05) is 23.1 Å². The number of nitrogens with zero attached hydrogens (tertiary/aromatic N) is 1. The molecule has 0 aromatic heterocycles. The molecule has 0 aliphatic carbocycles. The first-order chi connectivity index (χ1) is 9.84. The Kier molecular flexibility index (Phi) is 9.38. The summed E-state index contributed by atoms with van der Waals surface area (Å²) in [5, 5.41) is 0. The average Bonchev–Trinajstić information content (AvgIpc) is 2.43. The summed E-state index contributed by atoms with van der Waals surface area (Å²) in [7, 11) is 0. The van der Waals surface area contributed by atoms with E-state index in [4.69, 9.17) is 5.73 Å². The first kappa shape index (κ1) is 20.9. The Hall–Kier alpha value is -1.06. The van der Waals surface area contributed by atoms with E-state index < -0.39 is 0 Å². The van der Waals surface area contributed by atoms with Gasteiger partial charge >= 0.3 is 0 Å². The van der Waals surface area contributed by atoms with Crippen LogP contribution >= 0.6 is 12.4 Å². The van der Waals surface area contributed by atoms with Crippen molar-refractivity contribution in [3.05, 3.63) is 35.9 Å². The van der Waals surface area contributed by atoms with Crippen LogP contribution in [-0.4, -0.2) is 30.4 Å². The van der Waals surface area contributed by atoms with Crippen LogP contribution in [0.2, 0.25) is 0 Å². The lowest BCUT2D eigenvalue weighted by atomic mass is 9.80. The minimum atomic E-state index is 0. The molecular formula is C18H31ClN2O. The van der Waals surface area contributed by atoms with Crippen LogP contribution in [0, 0.1) is 11.3 Å².